The van der Waals surface area contributed by atoms with Gasteiger partial charge in [-0.3, -0.25) is 4.79 Å². The van der Waals surface area contributed by atoms with E-state index in [1.54, 1.807) is 31.2 Å². The Morgan fingerprint density at radius 2 is 2.26 bits per heavy atom. The van der Waals surface area contributed by atoms with Crippen molar-refractivity contribution in [1.82, 2.24) is 4.90 Å². The molecule has 5 nitrogen and oxygen atoms in total. The summed E-state index contributed by atoms with van der Waals surface area (Å²) < 4.78 is 6.17. The molecular weight excluding hydrogens is 264 g/mol. The average molecular weight is 281 g/mol. The maximum atomic E-state index is 12.1. The summed E-state index contributed by atoms with van der Waals surface area (Å²) in [6.07, 6.45) is 0.640. The third-order valence-electron chi connectivity index (χ3n) is 3.18. The first kappa shape index (κ1) is 13.9. The maximum absolute atomic E-state index is 12.1. The molecule has 102 valence electrons. The predicted octanol–water partition coefficient (Wildman–Crippen LogP) is 2.41. The minimum Gasteiger partial charge on any atom is -0.497 e. The molecule has 0 radical (unpaired) electrons. The molecule has 6 heteroatoms. The van der Waals surface area contributed by atoms with Gasteiger partial charge in [-0.05, 0) is 17.8 Å². The fourth-order valence-corrected chi connectivity index (χ4v) is 3.07. The van der Waals surface area contributed by atoms with Crippen molar-refractivity contribution < 1.29 is 14.3 Å². The first-order chi connectivity index (χ1) is 9.02. The second kappa shape index (κ2) is 5.61. The summed E-state index contributed by atoms with van der Waals surface area (Å²) in [6.45, 7) is 2.10. The van der Waals surface area contributed by atoms with Crippen LogP contribution in [0.3, 0.4) is 0 Å². The number of benzene rings is 1. The average Bonchev–Trinajstić information content (AvgIpc) is 2.72. The van der Waals surface area contributed by atoms with Crippen LogP contribution in [0.5, 0.6) is 5.75 Å². The monoisotopic (exact) mass is 281 g/mol. The number of carbonyl (C=O) groups excluding carboxylic acids is 1. The summed E-state index contributed by atoms with van der Waals surface area (Å²) in [7, 11) is 3.35. The van der Waals surface area contributed by atoms with Crippen molar-refractivity contribution in [2.45, 2.75) is 23.6 Å². The van der Waals surface area contributed by atoms with Gasteiger partial charge in [0.1, 0.15) is 5.75 Å². The van der Waals surface area contributed by atoms with Gasteiger partial charge in [0, 0.05) is 44.0 Å². The maximum Gasteiger partial charge on any atom is 0.271 e. The third kappa shape index (κ3) is 2.89. The highest BCUT2D eigenvalue weighted by molar-refractivity contribution is 8.00. The molecule has 0 bridgehead atoms. The van der Waals surface area contributed by atoms with Crippen LogP contribution in [0.25, 0.3) is 0 Å². The van der Waals surface area contributed by atoms with E-state index in [-0.39, 0.29) is 11.3 Å². The van der Waals surface area contributed by atoms with Crippen molar-refractivity contribution in [3.63, 3.8) is 0 Å². The van der Waals surface area contributed by atoms with Gasteiger partial charge in [-0.2, -0.15) is 0 Å². The quantitative estimate of drug-likeness (QED) is 0.795. The minimum absolute atomic E-state index is 0.0135. The fraction of sp³-hybridized carbons (Fsp3) is 0.462. The molecule has 1 amide bonds. The Hall–Kier alpha value is -1.56. The van der Waals surface area contributed by atoms with Crippen LogP contribution in [0.1, 0.15) is 13.3 Å². The first-order valence-electron chi connectivity index (χ1n) is 6.05. The normalized spacial score (nSPS) is 17.2. The molecule has 0 saturated carbocycles. The van der Waals surface area contributed by atoms with Gasteiger partial charge in [-0.15, -0.1) is 0 Å². The molecule has 1 unspecified atom stereocenters. The molecule has 1 heterocycles. The van der Waals surface area contributed by atoms with Crippen LogP contribution in [0, 0.1) is 4.91 Å². The molecule has 0 N–H and O–H groups in total. The van der Waals surface area contributed by atoms with Crippen LogP contribution < -0.4 is 4.74 Å². The van der Waals surface area contributed by atoms with Crippen LogP contribution in [-0.2, 0) is 4.79 Å². The van der Waals surface area contributed by atoms with E-state index in [0.717, 1.165) is 15.4 Å². The molecule has 1 aliphatic rings. The number of ether oxygens (including phenoxy) is 1. The van der Waals surface area contributed by atoms with Crippen LogP contribution in [0.2, 0.25) is 0 Å². The van der Waals surface area contributed by atoms with Crippen LogP contribution in [-0.4, -0.2) is 41.6 Å². The lowest BCUT2D eigenvalue weighted by Gasteiger charge is -2.13. The number of nitrogens with zero attached hydrogens (tertiary/aromatic N) is 2. The Labute approximate surface area is 116 Å². The van der Waals surface area contributed by atoms with Gasteiger partial charge in [0.2, 0.25) is 5.91 Å². The topological polar surface area (TPSA) is 49.6 Å². The van der Waals surface area contributed by atoms with Crippen LogP contribution >= 0.6 is 11.8 Å². The zero-order valence-corrected chi connectivity index (χ0v) is 12.1. The molecule has 1 aliphatic heterocycles. The lowest BCUT2D eigenvalue weighted by atomic mass is 10.3. The summed E-state index contributed by atoms with van der Waals surface area (Å²) in [6, 6.07) is 5.44. The SMILES string of the molecule is COc1ccc2c(c1)SC(CCN(C)C(C)=O)[N+]2=O. The van der Waals surface area contributed by atoms with Gasteiger partial charge < -0.3 is 9.64 Å². The Kier molecular flexibility index (Phi) is 4.09. The van der Waals surface area contributed by atoms with Gasteiger partial charge in [0.25, 0.3) is 11.1 Å². The van der Waals surface area contributed by atoms with E-state index >= 15 is 0 Å². The van der Waals surface area contributed by atoms with Crippen molar-refractivity contribution in [3.05, 3.63) is 23.1 Å². The number of thioether (sulfide) groups is 1. The first-order valence-corrected chi connectivity index (χ1v) is 6.93. The molecule has 1 aromatic rings. The number of nitroso groups, excluding NO2 is 1. The fourth-order valence-electron chi connectivity index (χ4n) is 1.89. The van der Waals surface area contributed by atoms with Gasteiger partial charge in [-0.1, -0.05) is 0 Å². The van der Waals surface area contributed by atoms with Crippen molar-refractivity contribution in [2.75, 3.05) is 20.7 Å². The summed E-state index contributed by atoms with van der Waals surface area (Å²) >= 11 is 1.52. The standard InChI is InChI=1S/C13H17N2O3S/c1-9(16)14(2)7-6-13-15(17)11-5-4-10(18-3)8-12(11)19-13/h4-5,8,13H,6-7H2,1-3H3/q+1. The molecule has 0 saturated heterocycles. The number of hydrogen-bond acceptors (Lipinski definition) is 4. The lowest BCUT2D eigenvalue weighted by molar-refractivity contribution is -0.476. The smallest absolute Gasteiger partial charge is 0.271 e. The van der Waals surface area contributed by atoms with Crippen LogP contribution in [0.15, 0.2) is 23.1 Å². The van der Waals surface area contributed by atoms with E-state index in [2.05, 4.69) is 0 Å². The molecule has 0 fully saturated rings. The largest absolute Gasteiger partial charge is 0.497 e. The molecular formula is C13H17N2O3S+. The number of rotatable bonds is 4. The summed E-state index contributed by atoms with van der Waals surface area (Å²) in [5.41, 5.74) is 0.682. The minimum atomic E-state index is -0.177. The number of hydrogen-bond donors (Lipinski definition) is 0. The van der Waals surface area contributed by atoms with Crippen molar-refractivity contribution in [2.24, 2.45) is 0 Å². The molecule has 19 heavy (non-hydrogen) atoms. The Morgan fingerprint density at radius 1 is 1.53 bits per heavy atom. The predicted molar refractivity (Wildman–Crippen MR) is 73.9 cm³/mol. The summed E-state index contributed by atoms with van der Waals surface area (Å²) in [5, 5.41) is -0.177. The highest BCUT2D eigenvalue weighted by Crippen LogP contribution is 2.44. The van der Waals surface area contributed by atoms with Crippen LogP contribution in [0.4, 0.5) is 5.69 Å². The summed E-state index contributed by atoms with van der Waals surface area (Å²) in [4.78, 5) is 25.8. The highest BCUT2D eigenvalue weighted by atomic mass is 32.2. The van der Waals surface area contributed by atoms with E-state index in [1.165, 1.54) is 18.7 Å². The summed E-state index contributed by atoms with van der Waals surface area (Å²) in [5.74, 6) is 0.765. The van der Waals surface area contributed by atoms with Crippen molar-refractivity contribution in [1.29, 1.82) is 0 Å². The lowest BCUT2D eigenvalue weighted by Crippen LogP contribution is -2.28. The zero-order valence-electron chi connectivity index (χ0n) is 11.3. The van der Waals surface area contributed by atoms with Gasteiger partial charge >= 0.3 is 0 Å². The molecule has 1 aromatic carbocycles. The van der Waals surface area contributed by atoms with Gasteiger partial charge in [0.05, 0.1) is 16.8 Å². The van der Waals surface area contributed by atoms with Crippen molar-refractivity contribution in [3.8, 4) is 5.75 Å². The number of fused-ring (bicyclic) bond motifs is 1. The van der Waals surface area contributed by atoms with E-state index in [9.17, 15) is 9.70 Å². The van der Waals surface area contributed by atoms with E-state index in [4.69, 9.17) is 4.74 Å². The molecule has 0 spiro atoms. The number of carbonyl (C=O) groups is 1. The molecule has 2 rings (SSSR count). The number of amides is 1. The highest BCUT2D eigenvalue weighted by Gasteiger charge is 2.39. The third-order valence-corrected chi connectivity index (χ3v) is 4.46. The van der Waals surface area contributed by atoms with Gasteiger partial charge in [-0.25, -0.2) is 0 Å². The zero-order chi connectivity index (χ0) is 14.0. The second-order valence-corrected chi connectivity index (χ2v) is 5.68. The van der Waals surface area contributed by atoms with E-state index < -0.39 is 0 Å². The Balaban J connectivity index is 2.04. The Bertz CT molecular complexity index is 519. The van der Waals surface area contributed by atoms with E-state index in [1.807, 2.05) is 6.07 Å². The molecule has 1 atom stereocenters. The van der Waals surface area contributed by atoms with E-state index in [0.29, 0.717) is 18.7 Å². The second-order valence-electron chi connectivity index (χ2n) is 4.46. The van der Waals surface area contributed by atoms with Gasteiger partial charge in [0.15, 0.2) is 0 Å². The molecule has 0 aromatic heterocycles. The Morgan fingerprint density at radius 3 is 2.89 bits per heavy atom. The number of methoxy groups -OCH3 is 1. The van der Waals surface area contributed by atoms with Crippen molar-refractivity contribution >= 4 is 23.4 Å². The molecule has 0 aliphatic carbocycles.